The molecule has 1 aromatic carbocycles. The van der Waals surface area contributed by atoms with Gasteiger partial charge in [-0.3, -0.25) is 9.69 Å². The van der Waals surface area contributed by atoms with Gasteiger partial charge in [-0.2, -0.15) is 0 Å². The fraction of sp³-hybridized carbons (Fsp3) is 0.562. The van der Waals surface area contributed by atoms with E-state index in [9.17, 15) is 18.7 Å². The number of carbonyl (C=O) groups is 1. The minimum absolute atomic E-state index is 0.0778. The van der Waals surface area contributed by atoms with Crippen molar-refractivity contribution >= 4 is 5.91 Å². The number of hydrogen-bond donors (Lipinski definition) is 1. The van der Waals surface area contributed by atoms with Crippen LogP contribution in [0.15, 0.2) is 18.2 Å². The van der Waals surface area contributed by atoms with Crippen LogP contribution in [0.25, 0.3) is 0 Å². The molecule has 6 heteroatoms. The van der Waals surface area contributed by atoms with Crippen LogP contribution in [-0.2, 0) is 11.2 Å². The van der Waals surface area contributed by atoms with E-state index in [4.69, 9.17) is 0 Å². The fourth-order valence-electron chi connectivity index (χ4n) is 2.78. The molecule has 4 nitrogen and oxygen atoms in total. The molecule has 1 saturated heterocycles. The van der Waals surface area contributed by atoms with E-state index in [0.717, 1.165) is 31.6 Å². The molecule has 1 atom stereocenters. The van der Waals surface area contributed by atoms with Crippen LogP contribution in [0.5, 0.6) is 0 Å². The van der Waals surface area contributed by atoms with Crippen LogP contribution in [0.3, 0.4) is 0 Å². The molecule has 22 heavy (non-hydrogen) atoms. The molecule has 0 spiro atoms. The third-order valence-corrected chi connectivity index (χ3v) is 4.20. The van der Waals surface area contributed by atoms with Crippen LogP contribution >= 0.6 is 0 Å². The van der Waals surface area contributed by atoms with Crippen LogP contribution in [0.4, 0.5) is 8.78 Å². The zero-order valence-corrected chi connectivity index (χ0v) is 12.8. The number of benzene rings is 1. The largest absolute Gasteiger partial charge is 0.395 e. The number of carbonyl (C=O) groups excluding carboxylic acids is 1. The first-order valence-corrected chi connectivity index (χ1v) is 7.61. The average molecular weight is 312 g/mol. The summed E-state index contributed by atoms with van der Waals surface area (Å²) in [6, 6.07) is 3.69. The van der Waals surface area contributed by atoms with E-state index in [0.29, 0.717) is 18.7 Å². The Bertz CT molecular complexity index is 513. The lowest BCUT2D eigenvalue weighted by Crippen LogP contribution is -2.53. The monoisotopic (exact) mass is 312 g/mol. The van der Waals surface area contributed by atoms with Crippen molar-refractivity contribution in [2.45, 2.75) is 25.8 Å². The molecule has 0 radical (unpaired) electrons. The lowest BCUT2D eigenvalue weighted by Gasteiger charge is -2.38. The summed E-state index contributed by atoms with van der Waals surface area (Å²) in [5, 5.41) is 9.31. The fourth-order valence-corrected chi connectivity index (χ4v) is 2.78. The highest BCUT2D eigenvalue weighted by molar-refractivity contribution is 5.78. The van der Waals surface area contributed by atoms with Gasteiger partial charge in [0.15, 0.2) is 11.6 Å². The number of hydrogen-bond acceptors (Lipinski definition) is 3. The highest BCUT2D eigenvalue weighted by Gasteiger charge is 2.24. The van der Waals surface area contributed by atoms with Crippen molar-refractivity contribution in [3.63, 3.8) is 0 Å². The SMILES string of the molecule is CCC(CO)N1CCN(C(=O)Cc2ccc(F)c(F)c2)CC1. The van der Waals surface area contributed by atoms with E-state index in [2.05, 4.69) is 4.90 Å². The Balaban J connectivity index is 1.88. The van der Waals surface area contributed by atoms with Gasteiger partial charge in [0, 0.05) is 32.2 Å². The quantitative estimate of drug-likeness (QED) is 0.894. The number of amides is 1. The van der Waals surface area contributed by atoms with E-state index < -0.39 is 11.6 Å². The molecule has 122 valence electrons. The van der Waals surface area contributed by atoms with Crippen molar-refractivity contribution in [1.29, 1.82) is 0 Å². The smallest absolute Gasteiger partial charge is 0.227 e. The van der Waals surface area contributed by atoms with Gasteiger partial charge in [-0.15, -0.1) is 0 Å². The maximum absolute atomic E-state index is 13.2. The van der Waals surface area contributed by atoms with Crippen LogP contribution < -0.4 is 0 Å². The Morgan fingerprint density at radius 2 is 1.91 bits per heavy atom. The topological polar surface area (TPSA) is 43.8 Å². The Labute approximate surface area is 129 Å². The minimum atomic E-state index is -0.927. The van der Waals surface area contributed by atoms with Gasteiger partial charge in [0.05, 0.1) is 13.0 Å². The second-order valence-electron chi connectivity index (χ2n) is 5.59. The van der Waals surface area contributed by atoms with Crippen LogP contribution in [-0.4, -0.2) is 59.6 Å². The van der Waals surface area contributed by atoms with Crippen molar-refractivity contribution < 1.29 is 18.7 Å². The Kier molecular flexibility index (Phi) is 5.85. The zero-order chi connectivity index (χ0) is 16.1. The predicted octanol–water partition coefficient (Wildman–Crippen LogP) is 1.42. The normalized spacial score (nSPS) is 17.5. The molecule has 1 fully saturated rings. The van der Waals surface area contributed by atoms with Crippen molar-refractivity contribution in [3.8, 4) is 0 Å². The highest BCUT2D eigenvalue weighted by atomic mass is 19.2. The van der Waals surface area contributed by atoms with Crippen molar-refractivity contribution in [1.82, 2.24) is 9.80 Å². The first kappa shape index (κ1) is 16.8. The first-order valence-electron chi connectivity index (χ1n) is 7.61. The molecule has 1 amide bonds. The van der Waals surface area contributed by atoms with Gasteiger partial charge < -0.3 is 10.0 Å². The van der Waals surface area contributed by atoms with Crippen LogP contribution in [0.2, 0.25) is 0 Å². The summed E-state index contributed by atoms with van der Waals surface area (Å²) < 4.78 is 26.0. The van der Waals surface area contributed by atoms with Crippen LogP contribution in [0, 0.1) is 11.6 Å². The van der Waals surface area contributed by atoms with Crippen LogP contribution in [0.1, 0.15) is 18.9 Å². The van der Waals surface area contributed by atoms with Gasteiger partial charge >= 0.3 is 0 Å². The maximum atomic E-state index is 13.2. The van der Waals surface area contributed by atoms with Gasteiger partial charge in [-0.25, -0.2) is 8.78 Å². The number of piperazine rings is 1. The number of aliphatic hydroxyl groups is 1. The Morgan fingerprint density at radius 1 is 1.23 bits per heavy atom. The van der Waals surface area contributed by atoms with E-state index in [1.54, 1.807) is 4.90 Å². The van der Waals surface area contributed by atoms with E-state index in [-0.39, 0.29) is 25.0 Å². The maximum Gasteiger partial charge on any atom is 0.227 e. The molecule has 1 aliphatic rings. The standard InChI is InChI=1S/C16H22F2N2O2/c1-2-13(11-21)19-5-7-20(8-6-19)16(22)10-12-3-4-14(17)15(18)9-12/h3-4,9,13,21H,2,5-8,10-11H2,1H3. The average Bonchev–Trinajstić information content (AvgIpc) is 2.53. The molecule has 1 unspecified atom stereocenters. The summed E-state index contributed by atoms with van der Waals surface area (Å²) in [5.41, 5.74) is 0.480. The number of nitrogens with zero attached hydrogens (tertiary/aromatic N) is 2. The van der Waals surface area contributed by atoms with Crippen molar-refractivity contribution in [3.05, 3.63) is 35.4 Å². The summed E-state index contributed by atoms with van der Waals surface area (Å²) in [5.74, 6) is -1.91. The first-order chi connectivity index (χ1) is 10.5. The summed E-state index contributed by atoms with van der Waals surface area (Å²) in [6.45, 7) is 4.80. The van der Waals surface area contributed by atoms with Gasteiger partial charge in [0.2, 0.25) is 5.91 Å². The molecule has 0 saturated carbocycles. The highest BCUT2D eigenvalue weighted by Crippen LogP contribution is 2.13. The summed E-state index contributed by atoms with van der Waals surface area (Å²) in [7, 11) is 0. The predicted molar refractivity (Wildman–Crippen MR) is 79.4 cm³/mol. The molecule has 0 aromatic heterocycles. The molecule has 2 rings (SSSR count). The number of halogens is 2. The second kappa shape index (κ2) is 7.65. The second-order valence-corrected chi connectivity index (χ2v) is 5.59. The molecule has 1 N–H and O–H groups in total. The summed E-state index contributed by atoms with van der Waals surface area (Å²) in [4.78, 5) is 16.1. The number of rotatable bonds is 5. The molecule has 1 aromatic rings. The Morgan fingerprint density at radius 3 is 2.45 bits per heavy atom. The molecular formula is C16H22F2N2O2. The summed E-state index contributed by atoms with van der Waals surface area (Å²) in [6.07, 6.45) is 0.952. The van der Waals surface area contributed by atoms with E-state index in [1.807, 2.05) is 6.92 Å². The van der Waals surface area contributed by atoms with E-state index in [1.165, 1.54) is 6.07 Å². The van der Waals surface area contributed by atoms with Gasteiger partial charge in [-0.1, -0.05) is 13.0 Å². The van der Waals surface area contributed by atoms with Crippen molar-refractivity contribution in [2.24, 2.45) is 0 Å². The lowest BCUT2D eigenvalue weighted by molar-refractivity contribution is -0.132. The molecule has 1 heterocycles. The minimum Gasteiger partial charge on any atom is -0.395 e. The molecule has 1 aliphatic heterocycles. The number of aliphatic hydroxyl groups excluding tert-OH is 1. The van der Waals surface area contributed by atoms with Gasteiger partial charge in [-0.05, 0) is 24.1 Å². The summed E-state index contributed by atoms with van der Waals surface area (Å²) >= 11 is 0. The molecule has 0 bridgehead atoms. The van der Waals surface area contributed by atoms with Gasteiger partial charge in [0.25, 0.3) is 0 Å². The van der Waals surface area contributed by atoms with E-state index >= 15 is 0 Å². The van der Waals surface area contributed by atoms with Gasteiger partial charge in [0.1, 0.15) is 0 Å². The third kappa shape index (κ3) is 4.01. The molecular weight excluding hydrogens is 290 g/mol. The molecule has 0 aliphatic carbocycles. The zero-order valence-electron chi connectivity index (χ0n) is 12.8. The van der Waals surface area contributed by atoms with Crippen molar-refractivity contribution in [2.75, 3.05) is 32.8 Å². The Hall–Kier alpha value is -1.53. The third-order valence-electron chi connectivity index (χ3n) is 4.20. The lowest BCUT2D eigenvalue weighted by atomic mass is 10.1.